The number of nitrogens with zero attached hydrogens (tertiary/aromatic N) is 1. The number of hydrogen-bond donors (Lipinski definition) is 1. The molecule has 0 bridgehead atoms. The first-order valence-corrected chi connectivity index (χ1v) is 5.56. The Bertz CT molecular complexity index is 380. The molecule has 1 rings (SSSR count). The number of benzene rings is 1. The normalized spacial score (nSPS) is 11.2. The largest absolute Gasteiger partial charge is 0.495 e. The molecule has 16 heavy (non-hydrogen) atoms. The van der Waals surface area contributed by atoms with Gasteiger partial charge in [-0.25, -0.2) is 0 Å². The second kappa shape index (κ2) is 5.75. The fraction of sp³-hybridized carbons (Fsp3) is 0.364. The van der Waals surface area contributed by atoms with Crippen LogP contribution >= 0.6 is 15.9 Å². The standard InChI is InChI=1S/C11H15BrN2O2/c1-7(14-13-2)8-5-9(15-3)11(12)10(6-8)16-4/h5-6,13H,1-4H3/b14-7+. The van der Waals surface area contributed by atoms with E-state index in [-0.39, 0.29) is 0 Å². The number of nitrogens with one attached hydrogen (secondary N) is 1. The number of ether oxygens (including phenoxy) is 2. The van der Waals surface area contributed by atoms with Gasteiger partial charge in [0.2, 0.25) is 0 Å². The zero-order chi connectivity index (χ0) is 12.1. The smallest absolute Gasteiger partial charge is 0.137 e. The van der Waals surface area contributed by atoms with Gasteiger partial charge in [-0.05, 0) is 35.0 Å². The molecule has 0 aliphatic rings. The highest BCUT2D eigenvalue weighted by Crippen LogP contribution is 2.35. The van der Waals surface area contributed by atoms with E-state index in [2.05, 4.69) is 26.5 Å². The summed E-state index contributed by atoms with van der Waals surface area (Å²) in [7, 11) is 5.00. The molecule has 88 valence electrons. The summed E-state index contributed by atoms with van der Waals surface area (Å²) in [5.41, 5.74) is 4.57. The molecule has 0 aliphatic carbocycles. The van der Waals surface area contributed by atoms with Gasteiger partial charge in [0.1, 0.15) is 16.0 Å². The maximum atomic E-state index is 5.25. The molecule has 0 saturated heterocycles. The minimum absolute atomic E-state index is 0.722. The van der Waals surface area contributed by atoms with Gasteiger partial charge in [-0.2, -0.15) is 5.10 Å². The Balaban J connectivity index is 3.27. The van der Waals surface area contributed by atoms with E-state index in [1.54, 1.807) is 21.3 Å². The molecule has 0 spiro atoms. The Morgan fingerprint density at radius 2 is 1.75 bits per heavy atom. The second-order valence-corrected chi connectivity index (χ2v) is 3.91. The quantitative estimate of drug-likeness (QED) is 0.683. The molecule has 0 saturated carbocycles. The van der Waals surface area contributed by atoms with Gasteiger partial charge >= 0.3 is 0 Å². The lowest BCUT2D eigenvalue weighted by Crippen LogP contribution is -2.04. The molecule has 1 aromatic carbocycles. The fourth-order valence-corrected chi connectivity index (χ4v) is 1.86. The van der Waals surface area contributed by atoms with Gasteiger partial charge in [0, 0.05) is 12.6 Å². The first kappa shape index (κ1) is 12.8. The average molecular weight is 287 g/mol. The Morgan fingerprint density at radius 3 is 2.12 bits per heavy atom. The first-order chi connectivity index (χ1) is 7.63. The van der Waals surface area contributed by atoms with Gasteiger partial charge in [0.25, 0.3) is 0 Å². The van der Waals surface area contributed by atoms with Crippen LogP contribution < -0.4 is 14.9 Å². The van der Waals surface area contributed by atoms with Crippen molar-refractivity contribution in [3.63, 3.8) is 0 Å². The van der Waals surface area contributed by atoms with Gasteiger partial charge in [-0.15, -0.1) is 0 Å². The Hall–Kier alpha value is -1.23. The van der Waals surface area contributed by atoms with E-state index in [1.165, 1.54) is 0 Å². The third-order valence-electron chi connectivity index (χ3n) is 2.14. The van der Waals surface area contributed by atoms with Gasteiger partial charge in [-0.1, -0.05) is 0 Å². The van der Waals surface area contributed by atoms with E-state index in [9.17, 15) is 0 Å². The molecule has 1 N–H and O–H groups in total. The van der Waals surface area contributed by atoms with E-state index in [0.29, 0.717) is 0 Å². The maximum absolute atomic E-state index is 5.25. The summed E-state index contributed by atoms with van der Waals surface area (Å²) in [5, 5.41) is 4.12. The summed E-state index contributed by atoms with van der Waals surface area (Å²) >= 11 is 3.42. The van der Waals surface area contributed by atoms with Crippen LogP contribution in [0, 0.1) is 0 Å². The highest BCUT2D eigenvalue weighted by Gasteiger charge is 2.11. The van der Waals surface area contributed by atoms with Crippen molar-refractivity contribution in [3.8, 4) is 11.5 Å². The van der Waals surface area contributed by atoms with Crippen molar-refractivity contribution in [1.82, 2.24) is 5.43 Å². The molecule has 1 aromatic rings. The van der Waals surface area contributed by atoms with Gasteiger partial charge in [0.05, 0.1) is 19.9 Å². The van der Waals surface area contributed by atoms with Gasteiger partial charge in [0.15, 0.2) is 0 Å². The summed E-state index contributed by atoms with van der Waals surface area (Å²) in [4.78, 5) is 0. The van der Waals surface area contributed by atoms with Gasteiger partial charge < -0.3 is 14.9 Å². The predicted octanol–water partition coefficient (Wildman–Crippen LogP) is 2.41. The third-order valence-corrected chi connectivity index (χ3v) is 2.92. The van der Waals surface area contributed by atoms with Crippen LogP contribution in [0.3, 0.4) is 0 Å². The topological polar surface area (TPSA) is 42.9 Å². The zero-order valence-corrected chi connectivity index (χ0v) is 11.4. The Kier molecular flexibility index (Phi) is 4.61. The van der Waals surface area contributed by atoms with Crippen molar-refractivity contribution in [1.29, 1.82) is 0 Å². The molecular formula is C11H15BrN2O2. The minimum atomic E-state index is 0.722. The predicted molar refractivity (Wildman–Crippen MR) is 68.5 cm³/mol. The fourth-order valence-electron chi connectivity index (χ4n) is 1.31. The van der Waals surface area contributed by atoms with Crippen LogP contribution in [0.1, 0.15) is 12.5 Å². The number of methoxy groups -OCH3 is 2. The average Bonchev–Trinajstić information content (AvgIpc) is 2.29. The highest BCUT2D eigenvalue weighted by molar-refractivity contribution is 9.10. The number of hydrazone groups is 1. The lowest BCUT2D eigenvalue weighted by atomic mass is 10.1. The monoisotopic (exact) mass is 286 g/mol. The molecule has 4 nitrogen and oxygen atoms in total. The molecule has 0 radical (unpaired) electrons. The van der Waals surface area contributed by atoms with Crippen LogP contribution in [0.5, 0.6) is 11.5 Å². The summed E-state index contributed by atoms with van der Waals surface area (Å²) in [6.07, 6.45) is 0. The molecule has 5 heteroatoms. The Morgan fingerprint density at radius 1 is 1.25 bits per heavy atom. The van der Waals surface area contributed by atoms with E-state index in [1.807, 2.05) is 19.1 Å². The highest BCUT2D eigenvalue weighted by atomic mass is 79.9. The van der Waals surface area contributed by atoms with Crippen molar-refractivity contribution in [2.24, 2.45) is 5.10 Å². The van der Waals surface area contributed by atoms with Gasteiger partial charge in [-0.3, -0.25) is 0 Å². The van der Waals surface area contributed by atoms with Crippen LogP contribution in [0.25, 0.3) is 0 Å². The lowest BCUT2D eigenvalue weighted by Gasteiger charge is -2.11. The lowest BCUT2D eigenvalue weighted by molar-refractivity contribution is 0.389. The Labute approximate surface area is 104 Å². The summed E-state index contributed by atoms with van der Waals surface area (Å²) in [6, 6.07) is 3.81. The molecule has 0 aromatic heterocycles. The maximum Gasteiger partial charge on any atom is 0.137 e. The molecule has 0 fully saturated rings. The summed E-state index contributed by atoms with van der Waals surface area (Å²) in [6.45, 7) is 1.92. The number of rotatable bonds is 4. The van der Waals surface area contributed by atoms with Crippen molar-refractivity contribution in [2.75, 3.05) is 21.3 Å². The van der Waals surface area contributed by atoms with Crippen molar-refractivity contribution >= 4 is 21.6 Å². The SMILES string of the molecule is CN/N=C(\C)c1cc(OC)c(Br)c(OC)c1. The summed E-state index contributed by atoms with van der Waals surface area (Å²) in [5.74, 6) is 1.44. The van der Waals surface area contributed by atoms with Crippen LogP contribution in [0.2, 0.25) is 0 Å². The van der Waals surface area contributed by atoms with E-state index in [0.717, 1.165) is 27.2 Å². The van der Waals surface area contributed by atoms with E-state index in [4.69, 9.17) is 9.47 Å². The van der Waals surface area contributed by atoms with Crippen molar-refractivity contribution in [2.45, 2.75) is 6.92 Å². The number of hydrogen-bond acceptors (Lipinski definition) is 4. The second-order valence-electron chi connectivity index (χ2n) is 3.12. The van der Waals surface area contributed by atoms with Crippen molar-refractivity contribution < 1.29 is 9.47 Å². The minimum Gasteiger partial charge on any atom is -0.495 e. The zero-order valence-electron chi connectivity index (χ0n) is 9.80. The molecule has 0 aliphatic heterocycles. The summed E-state index contributed by atoms with van der Waals surface area (Å²) < 4.78 is 11.3. The van der Waals surface area contributed by atoms with Crippen LogP contribution in [-0.2, 0) is 0 Å². The first-order valence-electron chi connectivity index (χ1n) is 4.77. The molecule has 0 heterocycles. The van der Waals surface area contributed by atoms with Crippen LogP contribution in [-0.4, -0.2) is 27.0 Å². The number of halogens is 1. The van der Waals surface area contributed by atoms with Crippen LogP contribution in [0.4, 0.5) is 0 Å². The van der Waals surface area contributed by atoms with Crippen LogP contribution in [0.15, 0.2) is 21.7 Å². The molecule has 0 atom stereocenters. The molecule has 0 unspecified atom stereocenters. The third kappa shape index (κ3) is 2.66. The molecule has 0 amide bonds. The van der Waals surface area contributed by atoms with E-state index < -0.39 is 0 Å². The molecular weight excluding hydrogens is 272 g/mol. The van der Waals surface area contributed by atoms with E-state index >= 15 is 0 Å². The van der Waals surface area contributed by atoms with Crippen molar-refractivity contribution in [3.05, 3.63) is 22.2 Å².